The molecule has 2 heterocycles. The number of amides is 1. The molecule has 0 atom stereocenters. The quantitative estimate of drug-likeness (QED) is 0.810. The van der Waals surface area contributed by atoms with Crippen LogP contribution in [0.2, 0.25) is 0 Å². The second kappa shape index (κ2) is 6.09. The van der Waals surface area contributed by atoms with Crippen molar-refractivity contribution in [1.29, 1.82) is 0 Å². The summed E-state index contributed by atoms with van der Waals surface area (Å²) in [6, 6.07) is 1.85. The summed E-state index contributed by atoms with van der Waals surface area (Å²) in [6.45, 7) is 2.40. The molecule has 0 saturated heterocycles. The normalized spacial score (nSPS) is 10.3. The molecule has 0 unspecified atom stereocenters. The summed E-state index contributed by atoms with van der Waals surface area (Å²) in [6.07, 6.45) is 2.89. The topological polar surface area (TPSA) is 88.8 Å². The Balaban J connectivity index is 1.95. The van der Waals surface area contributed by atoms with Crippen molar-refractivity contribution in [2.75, 3.05) is 19.0 Å². The van der Waals surface area contributed by atoms with Gasteiger partial charge in [-0.2, -0.15) is 5.10 Å². The summed E-state index contributed by atoms with van der Waals surface area (Å²) >= 11 is 0. The van der Waals surface area contributed by atoms with E-state index in [1.54, 1.807) is 0 Å². The zero-order chi connectivity index (χ0) is 14.5. The first-order valence-corrected chi connectivity index (χ1v) is 6.15. The molecule has 0 saturated carbocycles. The molecule has 1 N–H and O–H groups in total. The first kappa shape index (κ1) is 13.9. The highest BCUT2D eigenvalue weighted by Gasteiger charge is 2.07. The fourth-order valence-corrected chi connectivity index (χ4v) is 1.61. The third kappa shape index (κ3) is 3.74. The number of carbonyl (C=O) groups excluding carboxylic acids is 1. The lowest BCUT2D eigenvalue weighted by Gasteiger charge is -2.12. The molecule has 106 valence electrons. The van der Waals surface area contributed by atoms with E-state index < -0.39 is 0 Å². The first-order valence-electron chi connectivity index (χ1n) is 6.15. The lowest BCUT2D eigenvalue weighted by atomic mass is 10.3. The predicted molar refractivity (Wildman–Crippen MR) is 73.0 cm³/mol. The van der Waals surface area contributed by atoms with Gasteiger partial charge in [-0.3, -0.25) is 4.79 Å². The maximum atomic E-state index is 11.7. The predicted octanol–water partition coefficient (Wildman–Crippen LogP) is -0.241. The van der Waals surface area contributed by atoms with Gasteiger partial charge in [-0.25, -0.2) is 19.6 Å². The van der Waals surface area contributed by atoms with Crippen LogP contribution in [0, 0.1) is 6.92 Å². The third-order valence-electron chi connectivity index (χ3n) is 2.53. The van der Waals surface area contributed by atoms with Gasteiger partial charge < -0.3 is 10.2 Å². The molecule has 8 heteroatoms. The van der Waals surface area contributed by atoms with E-state index in [1.165, 1.54) is 17.3 Å². The van der Waals surface area contributed by atoms with Crippen LogP contribution in [-0.2, 0) is 17.9 Å². The summed E-state index contributed by atoms with van der Waals surface area (Å²) in [4.78, 5) is 26.0. The average Bonchev–Trinajstić information content (AvgIpc) is 2.88. The van der Waals surface area contributed by atoms with Crippen LogP contribution in [0.4, 0.5) is 5.95 Å². The summed E-state index contributed by atoms with van der Waals surface area (Å²) in [5, 5.41) is 6.67. The molecule has 2 aromatic rings. The zero-order valence-electron chi connectivity index (χ0n) is 11.7. The molecule has 1 amide bonds. The molecule has 0 spiro atoms. The van der Waals surface area contributed by atoms with Crippen LogP contribution < -0.4 is 10.2 Å². The smallest absolute Gasteiger partial charge is 0.242 e. The molecule has 0 aliphatic carbocycles. The minimum Gasteiger partial charge on any atom is -0.349 e. The van der Waals surface area contributed by atoms with E-state index in [-0.39, 0.29) is 12.5 Å². The van der Waals surface area contributed by atoms with Crippen molar-refractivity contribution in [3.63, 3.8) is 0 Å². The zero-order valence-corrected chi connectivity index (χ0v) is 11.7. The number of rotatable bonds is 5. The SMILES string of the molecule is Cc1cc(CNC(=O)Cn2cncn2)nc(N(C)C)n1. The highest BCUT2D eigenvalue weighted by Crippen LogP contribution is 2.07. The maximum Gasteiger partial charge on any atom is 0.242 e. The van der Waals surface area contributed by atoms with Gasteiger partial charge in [0, 0.05) is 19.8 Å². The van der Waals surface area contributed by atoms with Crippen LogP contribution in [0.3, 0.4) is 0 Å². The second-order valence-electron chi connectivity index (χ2n) is 4.56. The average molecular weight is 275 g/mol. The van der Waals surface area contributed by atoms with Gasteiger partial charge in [-0.15, -0.1) is 0 Å². The summed E-state index contributed by atoms with van der Waals surface area (Å²) in [5.41, 5.74) is 1.64. The van der Waals surface area contributed by atoms with Gasteiger partial charge in [0.15, 0.2) is 0 Å². The van der Waals surface area contributed by atoms with Crippen molar-refractivity contribution in [2.24, 2.45) is 0 Å². The Morgan fingerprint density at radius 3 is 2.85 bits per heavy atom. The molecule has 0 fully saturated rings. The van der Waals surface area contributed by atoms with Crippen molar-refractivity contribution in [3.8, 4) is 0 Å². The van der Waals surface area contributed by atoms with Crippen molar-refractivity contribution >= 4 is 11.9 Å². The number of aromatic nitrogens is 5. The van der Waals surface area contributed by atoms with Crippen LogP contribution in [0.5, 0.6) is 0 Å². The highest BCUT2D eigenvalue weighted by atomic mass is 16.2. The van der Waals surface area contributed by atoms with E-state index in [2.05, 4.69) is 25.4 Å². The van der Waals surface area contributed by atoms with Gasteiger partial charge in [0.25, 0.3) is 0 Å². The number of hydrogen-bond acceptors (Lipinski definition) is 6. The number of anilines is 1. The number of carbonyl (C=O) groups is 1. The Bertz CT molecular complexity index is 579. The summed E-state index contributed by atoms with van der Waals surface area (Å²) in [5.74, 6) is 0.490. The molecule has 2 aromatic heterocycles. The number of nitrogens with one attached hydrogen (secondary N) is 1. The Hall–Kier alpha value is -2.51. The minimum atomic E-state index is -0.141. The Labute approximate surface area is 116 Å². The first-order chi connectivity index (χ1) is 9.54. The maximum absolute atomic E-state index is 11.7. The summed E-state index contributed by atoms with van der Waals surface area (Å²) in [7, 11) is 3.75. The molecular weight excluding hydrogens is 258 g/mol. The van der Waals surface area contributed by atoms with Crippen LogP contribution in [0.25, 0.3) is 0 Å². The molecule has 2 rings (SSSR count). The molecule has 0 bridgehead atoms. The number of nitrogens with zero attached hydrogens (tertiary/aromatic N) is 6. The summed E-state index contributed by atoms with van der Waals surface area (Å²) < 4.78 is 1.46. The third-order valence-corrected chi connectivity index (χ3v) is 2.53. The van der Waals surface area contributed by atoms with Crippen LogP contribution >= 0.6 is 0 Å². The van der Waals surface area contributed by atoms with Crippen molar-refractivity contribution < 1.29 is 4.79 Å². The van der Waals surface area contributed by atoms with Gasteiger partial charge in [-0.05, 0) is 13.0 Å². The van der Waals surface area contributed by atoms with Gasteiger partial charge >= 0.3 is 0 Å². The lowest BCUT2D eigenvalue weighted by Crippen LogP contribution is -2.28. The van der Waals surface area contributed by atoms with Crippen LogP contribution in [-0.4, -0.2) is 44.7 Å². The Morgan fingerprint density at radius 2 is 2.20 bits per heavy atom. The number of hydrogen-bond donors (Lipinski definition) is 1. The number of aryl methyl sites for hydroxylation is 1. The second-order valence-corrected chi connectivity index (χ2v) is 4.56. The van der Waals surface area contributed by atoms with E-state index >= 15 is 0 Å². The van der Waals surface area contributed by atoms with Gasteiger partial charge in [0.05, 0.1) is 12.2 Å². The van der Waals surface area contributed by atoms with E-state index in [0.717, 1.165) is 11.4 Å². The highest BCUT2D eigenvalue weighted by molar-refractivity contribution is 5.75. The fraction of sp³-hybridized carbons (Fsp3) is 0.417. The Kier molecular flexibility index (Phi) is 4.24. The minimum absolute atomic E-state index is 0.141. The van der Waals surface area contributed by atoms with E-state index in [4.69, 9.17) is 0 Å². The molecule has 0 radical (unpaired) electrons. The molecule has 0 aliphatic rings. The fourth-order valence-electron chi connectivity index (χ4n) is 1.61. The molecule has 8 nitrogen and oxygen atoms in total. The van der Waals surface area contributed by atoms with Crippen molar-refractivity contribution in [2.45, 2.75) is 20.0 Å². The monoisotopic (exact) mass is 275 g/mol. The van der Waals surface area contributed by atoms with E-state index in [9.17, 15) is 4.79 Å². The molecular formula is C12H17N7O. The molecule has 20 heavy (non-hydrogen) atoms. The largest absolute Gasteiger partial charge is 0.349 e. The molecule has 0 aromatic carbocycles. The molecule has 0 aliphatic heterocycles. The van der Waals surface area contributed by atoms with E-state index in [1.807, 2.05) is 32.0 Å². The van der Waals surface area contributed by atoms with Gasteiger partial charge in [0.1, 0.15) is 19.2 Å². The lowest BCUT2D eigenvalue weighted by molar-refractivity contribution is -0.122. The standard InChI is InChI=1S/C12H17N7O/c1-9-4-10(17-12(16-9)18(2)3)5-14-11(20)6-19-8-13-7-15-19/h4,7-8H,5-6H2,1-3H3,(H,14,20). The van der Waals surface area contributed by atoms with Gasteiger partial charge in [-0.1, -0.05) is 0 Å². The van der Waals surface area contributed by atoms with E-state index in [0.29, 0.717) is 12.5 Å². The van der Waals surface area contributed by atoms with Crippen molar-refractivity contribution in [1.82, 2.24) is 30.0 Å². The van der Waals surface area contributed by atoms with Crippen LogP contribution in [0.15, 0.2) is 18.7 Å². The van der Waals surface area contributed by atoms with Gasteiger partial charge in [0.2, 0.25) is 11.9 Å². The Morgan fingerprint density at radius 1 is 1.40 bits per heavy atom. The van der Waals surface area contributed by atoms with Crippen molar-refractivity contribution in [3.05, 3.63) is 30.1 Å². The van der Waals surface area contributed by atoms with Crippen LogP contribution in [0.1, 0.15) is 11.4 Å².